The fourth-order valence-corrected chi connectivity index (χ4v) is 6.75. The number of anilines is 2. The van der Waals surface area contributed by atoms with E-state index in [9.17, 15) is 13.2 Å². The highest BCUT2D eigenvalue weighted by Crippen LogP contribution is 2.30. The first kappa shape index (κ1) is 30.1. The largest absolute Gasteiger partial charge is 0.461 e. The van der Waals surface area contributed by atoms with Gasteiger partial charge in [-0.25, -0.2) is 28.2 Å². The fourth-order valence-electron chi connectivity index (χ4n) is 5.18. The normalized spacial score (nSPS) is 17.0. The fraction of sp³-hybridized carbons (Fsp3) is 0.367. The third-order valence-corrected chi connectivity index (χ3v) is 9.19. The zero-order valence-electron chi connectivity index (χ0n) is 24.5. The van der Waals surface area contributed by atoms with E-state index < -0.39 is 21.8 Å². The highest BCUT2D eigenvalue weighted by atomic mass is 32.2. The number of nitrogen functional groups attached to an aromatic ring is 1. The molecule has 4 aromatic rings. The molecule has 1 atom stereocenters. The Morgan fingerprint density at radius 3 is 2.51 bits per heavy atom. The van der Waals surface area contributed by atoms with Crippen molar-refractivity contribution in [3.8, 4) is 16.9 Å². The van der Waals surface area contributed by atoms with Crippen molar-refractivity contribution < 1.29 is 17.9 Å². The van der Waals surface area contributed by atoms with Crippen LogP contribution in [-0.2, 0) is 25.9 Å². The smallest absolute Gasteiger partial charge is 0.330 e. The highest BCUT2D eigenvalue weighted by Gasteiger charge is 2.32. The lowest BCUT2D eigenvalue weighted by Crippen LogP contribution is -2.50. The standard InChI is InChI=1S/C30H36N8O4S/c1-4-7-26(39)42-19-24-20-43(40,41)15-14-37(24)18-21-8-10-23(11-9-21)38-13-12-25-27(22-16-32-29(31)33-17-22)34-30(35-28(25)38)36(5-2)6-3/h4,7-13,16-17,24H,5-6,14-15,18-20H2,1-3H3,(H2,31,32,33). The number of esters is 1. The Morgan fingerprint density at radius 2 is 1.84 bits per heavy atom. The number of benzene rings is 1. The number of aromatic nitrogens is 5. The molecule has 1 aliphatic heterocycles. The summed E-state index contributed by atoms with van der Waals surface area (Å²) in [6.45, 7) is 8.29. The maximum absolute atomic E-state index is 12.3. The summed E-state index contributed by atoms with van der Waals surface area (Å²) < 4.78 is 32.0. The van der Waals surface area contributed by atoms with Crippen molar-refractivity contribution in [1.82, 2.24) is 29.4 Å². The van der Waals surface area contributed by atoms with Gasteiger partial charge in [0.1, 0.15) is 6.61 Å². The number of fused-ring (bicyclic) bond motifs is 1. The molecule has 1 aliphatic rings. The van der Waals surface area contributed by atoms with Gasteiger partial charge in [-0.05, 0) is 44.5 Å². The minimum atomic E-state index is -3.20. The van der Waals surface area contributed by atoms with Gasteiger partial charge >= 0.3 is 5.97 Å². The van der Waals surface area contributed by atoms with E-state index in [-0.39, 0.29) is 24.1 Å². The molecule has 5 rings (SSSR count). The van der Waals surface area contributed by atoms with Crippen LogP contribution in [0.15, 0.2) is 61.1 Å². The number of ether oxygens (including phenoxy) is 1. The van der Waals surface area contributed by atoms with Crippen LogP contribution in [0, 0.1) is 0 Å². The van der Waals surface area contributed by atoms with Gasteiger partial charge in [0.25, 0.3) is 0 Å². The van der Waals surface area contributed by atoms with E-state index in [4.69, 9.17) is 20.4 Å². The van der Waals surface area contributed by atoms with Crippen LogP contribution in [0.4, 0.5) is 11.9 Å². The Balaban J connectivity index is 1.43. The topological polar surface area (TPSA) is 149 Å². The average Bonchev–Trinajstić information content (AvgIpc) is 3.42. The maximum Gasteiger partial charge on any atom is 0.330 e. The van der Waals surface area contributed by atoms with E-state index in [1.165, 1.54) is 6.08 Å². The van der Waals surface area contributed by atoms with Crippen molar-refractivity contribution in [2.24, 2.45) is 0 Å². The molecule has 226 valence electrons. The minimum absolute atomic E-state index is 0.0196. The van der Waals surface area contributed by atoms with Gasteiger partial charge in [0.15, 0.2) is 15.5 Å². The van der Waals surface area contributed by atoms with Gasteiger partial charge in [-0.2, -0.15) is 4.98 Å². The van der Waals surface area contributed by atoms with Crippen molar-refractivity contribution in [1.29, 1.82) is 0 Å². The summed E-state index contributed by atoms with van der Waals surface area (Å²) in [6, 6.07) is 9.65. The molecule has 1 aromatic carbocycles. The molecule has 0 amide bonds. The zero-order valence-corrected chi connectivity index (χ0v) is 25.4. The summed E-state index contributed by atoms with van der Waals surface area (Å²) in [5.74, 6) is 0.369. The lowest BCUT2D eigenvalue weighted by atomic mass is 10.1. The summed E-state index contributed by atoms with van der Waals surface area (Å²) in [7, 11) is -3.20. The quantitative estimate of drug-likeness (QED) is 0.210. The summed E-state index contributed by atoms with van der Waals surface area (Å²) in [6.07, 6.45) is 8.23. The lowest BCUT2D eigenvalue weighted by molar-refractivity contribution is -0.139. The first-order valence-corrected chi connectivity index (χ1v) is 16.1. The van der Waals surface area contributed by atoms with Gasteiger partial charge in [-0.3, -0.25) is 4.90 Å². The third-order valence-electron chi connectivity index (χ3n) is 7.50. The molecule has 4 heterocycles. The molecule has 12 nitrogen and oxygen atoms in total. The number of sulfone groups is 1. The Bertz CT molecular complexity index is 1720. The number of nitrogens with zero attached hydrogens (tertiary/aromatic N) is 7. The molecule has 0 radical (unpaired) electrons. The molecule has 3 aromatic heterocycles. The van der Waals surface area contributed by atoms with Gasteiger partial charge in [-0.15, -0.1) is 0 Å². The minimum Gasteiger partial charge on any atom is -0.461 e. The SMILES string of the molecule is CC=CC(=O)OCC1CS(=O)(=O)CCN1Cc1ccc(-n2ccc3c(-c4cnc(N)nc4)nc(N(CC)CC)nc32)cc1. The van der Waals surface area contributed by atoms with Gasteiger partial charge in [-0.1, -0.05) is 18.2 Å². The molecule has 1 saturated heterocycles. The molecule has 0 spiro atoms. The predicted molar refractivity (Wildman–Crippen MR) is 166 cm³/mol. The van der Waals surface area contributed by atoms with Crippen LogP contribution in [0.25, 0.3) is 28.0 Å². The van der Waals surface area contributed by atoms with E-state index in [1.54, 1.807) is 25.4 Å². The molecular weight excluding hydrogens is 568 g/mol. The highest BCUT2D eigenvalue weighted by molar-refractivity contribution is 7.91. The van der Waals surface area contributed by atoms with Crippen molar-refractivity contribution in [3.05, 3.63) is 66.6 Å². The Morgan fingerprint density at radius 1 is 1.12 bits per heavy atom. The van der Waals surface area contributed by atoms with E-state index in [2.05, 4.69) is 33.6 Å². The molecular formula is C30H36N8O4S. The summed E-state index contributed by atoms with van der Waals surface area (Å²) >= 11 is 0. The van der Waals surface area contributed by atoms with E-state index in [0.29, 0.717) is 19.0 Å². The Labute approximate surface area is 251 Å². The average molecular weight is 605 g/mol. The number of hydrogen-bond acceptors (Lipinski definition) is 11. The van der Waals surface area contributed by atoms with Crippen LogP contribution in [0.3, 0.4) is 0 Å². The Kier molecular flexibility index (Phi) is 9.02. The summed E-state index contributed by atoms with van der Waals surface area (Å²) in [5, 5.41) is 0.859. The van der Waals surface area contributed by atoms with Crippen molar-refractivity contribution in [3.63, 3.8) is 0 Å². The molecule has 1 fully saturated rings. The molecule has 13 heteroatoms. The van der Waals surface area contributed by atoms with Crippen molar-refractivity contribution in [2.45, 2.75) is 33.4 Å². The van der Waals surface area contributed by atoms with E-state index in [0.717, 1.165) is 46.6 Å². The van der Waals surface area contributed by atoms with E-state index in [1.807, 2.05) is 41.1 Å². The molecule has 0 aliphatic carbocycles. The predicted octanol–water partition coefficient (Wildman–Crippen LogP) is 3.02. The van der Waals surface area contributed by atoms with Crippen LogP contribution in [0.1, 0.15) is 26.3 Å². The van der Waals surface area contributed by atoms with Crippen LogP contribution in [0.2, 0.25) is 0 Å². The number of carbonyl (C=O) groups excluding carboxylic acids is 1. The maximum atomic E-state index is 12.3. The first-order valence-electron chi connectivity index (χ1n) is 14.3. The van der Waals surface area contributed by atoms with Crippen LogP contribution in [0.5, 0.6) is 0 Å². The van der Waals surface area contributed by atoms with Crippen molar-refractivity contribution in [2.75, 3.05) is 48.4 Å². The van der Waals surface area contributed by atoms with Crippen LogP contribution >= 0.6 is 0 Å². The molecule has 0 saturated carbocycles. The van der Waals surface area contributed by atoms with Gasteiger partial charge < -0.3 is 19.9 Å². The molecule has 2 N–H and O–H groups in total. The van der Waals surface area contributed by atoms with Crippen LogP contribution in [-0.4, -0.2) is 87.6 Å². The Hall–Kier alpha value is -4.36. The number of hydrogen-bond donors (Lipinski definition) is 1. The second-order valence-corrected chi connectivity index (χ2v) is 12.6. The van der Waals surface area contributed by atoms with E-state index >= 15 is 0 Å². The number of rotatable bonds is 10. The summed E-state index contributed by atoms with van der Waals surface area (Å²) in [5.41, 5.74) is 9.89. The third kappa shape index (κ3) is 6.83. The molecule has 43 heavy (non-hydrogen) atoms. The second kappa shape index (κ2) is 12.9. The summed E-state index contributed by atoms with van der Waals surface area (Å²) in [4.78, 5) is 34.2. The lowest BCUT2D eigenvalue weighted by Gasteiger charge is -2.35. The molecule has 1 unspecified atom stereocenters. The van der Waals surface area contributed by atoms with Crippen LogP contribution < -0.4 is 10.6 Å². The van der Waals surface area contributed by atoms with Gasteiger partial charge in [0.2, 0.25) is 11.9 Å². The zero-order chi connectivity index (χ0) is 30.6. The molecule has 0 bridgehead atoms. The number of nitrogens with two attached hydrogens (primary N) is 1. The second-order valence-electron chi connectivity index (χ2n) is 10.3. The number of carbonyl (C=O) groups is 1. The first-order chi connectivity index (χ1) is 20.7. The van der Waals surface area contributed by atoms with Crippen molar-refractivity contribution >= 4 is 38.7 Å². The van der Waals surface area contributed by atoms with Gasteiger partial charge in [0.05, 0.1) is 23.2 Å². The monoisotopic (exact) mass is 604 g/mol. The van der Waals surface area contributed by atoms with Gasteiger partial charge in [0, 0.05) is 67.5 Å². The number of allylic oxidation sites excluding steroid dienone is 1.